The quantitative estimate of drug-likeness (QED) is 0.642. The van der Waals surface area contributed by atoms with Crippen molar-refractivity contribution in [2.75, 3.05) is 0 Å². The fourth-order valence-corrected chi connectivity index (χ4v) is 1.89. The van der Waals surface area contributed by atoms with Crippen LogP contribution in [0.1, 0.15) is 40.0 Å². The van der Waals surface area contributed by atoms with Gasteiger partial charge in [0.1, 0.15) is 0 Å². The number of carbonyl (C=O) groups is 2. The Balaban J connectivity index is 4.52. The van der Waals surface area contributed by atoms with E-state index in [1.54, 1.807) is 6.92 Å². The second kappa shape index (κ2) is 7.87. The van der Waals surface area contributed by atoms with Crippen LogP contribution in [-0.4, -0.2) is 22.2 Å². The van der Waals surface area contributed by atoms with Gasteiger partial charge >= 0.3 is 11.9 Å². The normalized spacial score (nSPS) is 16.6. The predicted molar refractivity (Wildman–Crippen MR) is 65.8 cm³/mol. The summed E-state index contributed by atoms with van der Waals surface area (Å²) in [6.07, 6.45) is 5.33. The third-order valence-corrected chi connectivity index (χ3v) is 2.97. The van der Waals surface area contributed by atoms with Crippen LogP contribution in [0.4, 0.5) is 0 Å². The van der Waals surface area contributed by atoms with Gasteiger partial charge in [0.2, 0.25) is 0 Å². The third-order valence-electron chi connectivity index (χ3n) is 2.97. The molecule has 0 heterocycles. The minimum Gasteiger partial charge on any atom is -0.481 e. The molecule has 2 N–H and O–H groups in total. The molecule has 0 aromatic heterocycles. The molecule has 3 unspecified atom stereocenters. The monoisotopic (exact) mass is 242 g/mol. The van der Waals surface area contributed by atoms with Gasteiger partial charge < -0.3 is 10.2 Å². The number of hydrogen-bond acceptors (Lipinski definition) is 2. The molecule has 0 bridgehead atoms. The molecule has 0 spiro atoms. The Morgan fingerprint density at radius 2 is 1.76 bits per heavy atom. The first kappa shape index (κ1) is 15.7. The van der Waals surface area contributed by atoms with Gasteiger partial charge in [0.15, 0.2) is 0 Å². The van der Waals surface area contributed by atoms with Crippen LogP contribution < -0.4 is 0 Å². The topological polar surface area (TPSA) is 74.6 Å². The number of carboxylic acids is 2. The fourth-order valence-electron chi connectivity index (χ4n) is 1.89. The standard InChI is InChI=1S/C13H22O4/c1-4-6-10(7-9(3)12(14)15)8-11(5-2)13(16)17/h4,6,9-11H,5,7-8H2,1-3H3,(H,14,15)(H,16,17). The predicted octanol–water partition coefficient (Wildman–Crippen LogP) is 2.79. The van der Waals surface area contributed by atoms with Crippen LogP contribution >= 0.6 is 0 Å². The van der Waals surface area contributed by atoms with Crippen molar-refractivity contribution in [3.8, 4) is 0 Å². The molecule has 0 saturated heterocycles. The van der Waals surface area contributed by atoms with Crippen molar-refractivity contribution in [2.45, 2.75) is 40.0 Å². The molecule has 98 valence electrons. The van der Waals surface area contributed by atoms with Crippen molar-refractivity contribution in [1.82, 2.24) is 0 Å². The molecule has 0 aromatic rings. The van der Waals surface area contributed by atoms with Gasteiger partial charge in [0.05, 0.1) is 11.8 Å². The molecule has 0 aliphatic rings. The molecule has 0 aromatic carbocycles. The van der Waals surface area contributed by atoms with Crippen LogP contribution in [0.15, 0.2) is 12.2 Å². The lowest BCUT2D eigenvalue weighted by atomic mass is 9.86. The third kappa shape index (κ3) is 6.09. The highest BCUT2D eigenvalue weighted by atomic mass is 16.4. The van der Waals surface area contributed by atoms with Crippen LogP contribution in [0.25, 0.3) is 0 Å². The molecule has 0 aliphatic carbocycles. The Morgan fingerprint density at radius 3 is 2.12 bits per heavy atom. The van der Waals surface area contributed by atoms with E-state index >= 15 is 0 Å². The average molecular weight is 242 g/mol. The van der Waals surface area contributed by atoms with Crippen LogP contribution in [0.2, 0.25) is 0 Å². The molecule has 0 rings (SSSR count). The summed E-state index contributed by atoms with van der Waals surface area (Å²) in [5.41, 5.74) is 0. The van der Waals surface area contributed by atoms with Crippen molar-refractivity contribution in [3.05, 3.63) is 12.2 Å². The maximum Gasteiger partial charge on any atom is 0.306 e. The zero-order valence-corrected chi connectivity index (χ0v) is 10.7. The minimum atomic E-state index is -0.831. The van der Waals surface area contributed by atoms with E-state index in [-0.39, 0.29) is 5.92 Å². The van der Waals surface area contributed by atoms with E-state index in [1.165, 1.54) is 0 Å². The molecule has 0 amide bonds. The van der Waals surface area contributed by atoms with Crippen LogP contribution in [0.3, 0.4) is 0 Å². The Morgan fingerprint density at radius 1 is 1.18 bits per heavy atom. The molecule has 4 nitrogen and oxygen atoms in total. The smallest absolute Gasteiger partial charge is 0.306 e. The van der Waals surface area contributed by atoms with Crippen molar-refractivity contribution in [3.63, 3.8) is 0 Å². The van der Waals surface area contributed by atoms with E-state index < -0.39 is 23.8 Å². The van der Waals surface area contributed by atoms with Gasteiger partial charge in [-0.2, -0.15) is 0 Å². The number of allylic oxidation sites excluding steroid dienone is 2. The summed E-state index contributed by atoms with van der Waals surface area (Å²) in [4.78, 5) is 21.7. The van der Waals surface area contributed by atoms with Crippen molar-refractivity contribution in [2.24, 2.45) is 17.8 Å². The summed E-state index contributed by atoms with van der Waals surface area (Å²) < 4.78 is 0. The van der Waals surface area contributed by atoms with Gasteiger partial charge in [0, 0.05) is 0 Å². The zero-order chi connectivity index (χ0) is 13.4. The summed E-state index contributed by atoms with van der Waals surface area (Å²) in [7, 11) is 0. The number of aliphatic carboxylic acids is 2. The summed E-state index contributed by atoms with van der Waals surface area (Å²) in [6.45, 7) is 5.35. The van der Waals surface area contributed by atoms with E-state index in [9.17, 15) is 9.59 Å². The first-order valence-electron chi connectivity index (χ1n) is 6.00. The lowest BCUT2D eigenvalue weighted by molar-refractivity contribution is -0.142. The highest BCUT2D eigenvalue weighted by Crippen LogP contribution is 2.24. The Kier molecular flexibility index (Phi) is 7.26. The van der Waals surface area contributed by atoms with E-state index in [0.717, 1.165) is 0 Å². The summed E-state index contributed by atoms with van der Waals surface area (Å²) in [6, 6.07) is 0. The summed E-state index contributed by atoms with van der Waals surface area (Å²) in [5, 5.41) is 17.9. The van der Waals surface area contributed by atoms with Crippen molar-refractivity contribution >= 4 is 11.9 Å². The summed E-state index contributed by atoms with van der Waals surface area (Å²) in [5.74, 6) is -2.44. The van der Waals surface area contributed by atoms with Gasteiger partial charge in [-0.3, -0.25) is 9.59 Å². The average Bonchev–Trinajstić information content (AvgIpc) is 2.25. The van der Waals surface area contributed by atoms with Gasteiger partial charge in [0.25, 0.3) is 0 Å². The van der Waals surface area contributed by atoms with E-state index in [0.29, 0.717) is 19.3 Å². The minimum absolute atomic E-state index is 0.0205. The van der Waals surface area contributed by atoms with Gasteiger partial charge in [-0.05, 0) is 32.1 Å². The molecule has 0 saturated carbocycles. The highest BCUT2D eigenvalue weighted by molar-refractivity contribution is 5.70. The number of hydrogen-bond donors (Lipinski definition) is 2. The van der Waals surface area contributed by atoms with Crippen molar-refractivity contribution in [1.29, 1.82) is 0 Å². The van der Waals surface area contributed by atoms with Gasteiger partial charge in [-0.15, -0.1) is 0 Å². The molecule has 4 heteroatoms. The number of rotatable bonds is 8. The Bertz CT molecular complexity index is 283. The number of carboxylic acid groups (broad SMARTS) is 2. The Hall–Kier alpha value is -1.32. The van der Waals surface area contributed by atoms with E-state index in [2.05, 4.69) is 0 Å². The molecule has 3 atom stereocenters. The molecule has 17 heavy (non-hydrogen) atoms. The molecular weight excluding hydrogens is 220 g/mol. The second-order valence-electron chi connectivity index (χ2n) is 4.44. The van der Waals surface area contributed by atoms with Gasteiger partial charge in [-0.25, -0.2) is 0 Å². The molecule has 0 radical (unpaired) electrons. The van der Waals surface area contributed by atoms with E-state index in [4.69, 9.17) is 10.2 Å². The van der Waals surface area contributed by atoms with Gasteiger partial charge in [-0.1, -0.05) is 26.0 Å². The van der Waals surface area contributed by atoms with Crippen LogP contribution in [0, 0.1) is 17.8 Å². The molecule has 0 aliphatic heterocycles. The van der Waals surface area contributed by atoms with Crippen molar-refractivity contribution < 1.29 is 19.8 Å². The fraction of sp³-hybridized carbons (Fsp3) is 0.692. The zero-order valence-electron chi connectivity index (χ0n) is 10.7. The molecular formula is C13H22O4. The first-order valence-corrected chi connectivity index (χ1v) is 6.00. The SMILES string of the molecule is CC=CC(CC(C)C(=O)O)CC(CC)C(=O)O. The maximum atomic E-state index is 10.9. The maximum absolute atomic E-state index is 10.9. The largest absolute Gasteiger partial charge is 0.481 e. The lowest BCUT2D eigenvalue weighted by Gasteiger charge is -2.19. The van der Waals surface area contributed by atoms with E-state index in [1.807, 2.05) is 26.0 Å². The van der Waals surface area contributed by atoms with Crippen LogP contribution in [-0.2, 0) is 9.59 Å². The Labute approximate surface area is 102 Å². The molecule has 0 fully saturated rings. The van der Waals surface area contributed by atoms with Crippen LogP contribution in [0.5, 0.6) is 0 Å². The lowest BCUT2D eigenvalue weighted by Crippen LogP contribution is -2.20. The second-order valence-corrected chi connectivity index (χ2v) is 4.44. The highest BCUT2D eigenvalue weighted by Gasteiger charge is 2.22. The first-order chi connectivity index (χ1) is 7.92. The summed E-state index contributed by atoms with van der Waals surface area (Å²) >= 11 is 0.